The van der Waals surface area contributed by atoms with Gasteiger partial charge >= 0.3 is 18.0 Å². The highest BCUT2D eigenvalue weighted by Gasteiger charge is 2.60. The average molecular weight is 516 g/mol. The van der Waals surface area contributed by atoms with Gasteiger partial charge in [-0.3, -0.25) is 4.79 Å². The monoisotopic (exact) mass is 515 g/mol. The van der Waals surface area contributed by atoms with Gasteiger partial charge in [0.2, 0.25) is 0 Å². The van der Waals surface area contributed by atoms with Crippen molar-refractivity contribution in [3.8, 4) is 0 Å². The number of nitrogens with one attached hydrogen (secondary N) is 1. The van der Waals surface area contributed by atoms with E-state index in [2.05, 4.69) is 19.2 Å². The minimum Gasteiger partial charge on any atom is -0.481 e. The zero-order valence-corrected chi connectivity index (χ0v) is 22.6. The van der Waals surface area contributed by atoms with E-state index in [9.17, 15) is 14.4 Å². The fourth-order valence-corrected chi connectivity index (χ4v) is 9.49. The summed E-state index contributed by atoms with van der Waals surface area (Å²) in [7, 11) is 0. The van der Waals surface area contributed by atoms with Crippen molar-refractivity contribution in [1.29, 1.82) is 0 Å². The van der Waals surface area contributed by atoms with Crippen LogP contribution in [0.5, 0.6) is 0 Å². The molecule has 4 aliphatic carbocycles. The molecular formula is C30H45NO6. The summed E-state index contributed by atoms with van der Waals surface area (Å²) < 4.78 is 11.1. The maximum Gasteiger partial charge on any atom is 0.407 e. The van der Waals surface area contributed by atoms with Gasteiger partial charge in [-0.2, -0.15) is 0 Å². The van der Waals surface area contributed by atoms with Gasteiger partial charge in [-0.15, -0.1) is 0 Å². The normalized spacial score (nSPS) is 40.6. The van der Waals surface area contributed by atoms with Crippen LogP contribution in [-0.4, -0.2) is 42.4 Å². The molecule has 0 aromatic heterocycles. The van der Waals surface area contributed by atoms with Crippen LogP contribution in [0.25, 0.3) is 0 Å². The first-order valence-corrected chi connectivity index (χ1v) is 14.7. The van der Waals surface area contributed by atoms with Crippen LogP contribution in [0.15, 0.2) is 11.6 Å². The molecule has 0 aromatic rings. The Hall–Kier alpha value is -2.05. The van der Waals surface area contributed by atoms with Gasteiger partial charge in [0.05, 0.1) is 0 Å². The first-order chi connectivity index (χ1) is 17.7. The number of rotatable bonds is 8. The van der Waals surface area contributed by atoms with Crippen molar-refractivity contribution in [3.05, 3.63) is 11.6 Å². The summed E-state index contributed by atoms with van der Waals surface area (Å²) in [5, 5.41) is 11.6. The van der Waals surface area contributed by atoms with Gasteiger partial charge in [0.1, 0.15) is 12.7 Å². The molecule has 0 aromatic carbocycles. The summed E-state index contributed by atoms with van der Waals surface area (Å²) in [6.07, 6.45) is 14.4. The summed E-state index contributed by atoms with van der Waals surface area (Å²) >= 11 is 0. The van der Waals surface area contributed by atoms with Gasteiger partial charge in [0, 0.05) is 19.0 Å². The van der Waals surface area contributed by atoms with Crippen molar-refractivity contribution in [1.82, 2.24) is 5.32 Å². The summed E-state index contributed by atoms with van der Waals surface area (Å²) in [6, 6.07) is 0. The lowest BCUT2D eigenvalue weighted by Crippen LogP contribution is -2.54. The largest absolute Gasteiger partial charge is 0.481 e. The smallest absolute Gasteiger partial charge is 0.407 e. The standard InChI is InChI=1S/C30H45NO6/c1-29-13-11-21(37-28(35)31-15-5-3-4-6-26(32)33)17-20(29)7-8-22-24-10-9-23(19-16-27(34)36-18-19)30(24,2)14-12-25(22)29/h16,20-25H,3-15,17-18H2,1-2H3,(H,31,35)(H,32,33)/t20-,21+,22+,23-,24+,25+,29+,30-/m1/s1. The molecule has 1 aliphatic heterocycles. The number of hydrogen-bond donors (Lipinski definition) is 2. The van der Waals surface area contributed by atoms with Gasteiger partial charge in [-0.05, 0) is 117 Å². The molecule has 8 atom stereocenters. The Morgan fingerprint density at radius 3 is 2.57 bits per heavy atom. The van der Waals surface area contributed by atoms with Crippen molar-refractivity contribution < 1.29 is 29.0 Å². The third kappa shape index (κ3) is 5.16. The quantitative estimate of drug-likeness (QED) is 0.310. The summed E-state index contributed by atoms with van der Waals surface area (Å²) in [6.45, 7) is 6.07. The molecular weight excluding hydrogens is 470 g/mol. The van der Waals surface area contributed by atoms with Gasteiger partial charge < -0.3 is 19.9 Å². The number of amides is 1. The lowest BCUT2D eigenvalue weighted by Gasteiger charge is -2.61. The van der Waals surface area contributed by atoms with E-state index in [4.69, 9.17) is 14.6 Å². The Labute approximate surface area is 221 Å². The number of alkyl carbamates (subject to hydrolysis) is 1. The number of carbonyl (C=O) groups excluding carboxylic acids is 2. The molecule has 5 rings (SSSR count). The number of carbonyl (C=O) groups is 3. The second-order valence-electron chi connectivity index (χ2n) is 13.1. The zero-order valence-electron chi connectivity index (χ0n) is 22.6. The van der Waals surface area contributed by atoms with E-state index >= 15 is 0 Å². The van der Waals surface area contributed by atoms with Crippen LogP contribution in [-0.2, 0) is 19.1 Å². The summed E-state index contributed by atoms with van der Waals surface area (Å²) in [5.41, 5.74) is 1.86. The third-order valence-electron chi connectivity index (χ3n) is 11.4. The van der Waals surface area contributed by atoms with E-state index in [-0.39, 0.29) is 30.0 Å². The fourth-order valence-electron chi connectivity index (χ4n) is 9.49. The van der Waals surface area contributed by atoms with Crippen LogP contribution in [0.4, 0.5) is 4.79 Å². The van der Waals surface area contributed by atoms with Crippen molar-refractivity contribution in [2.24, 2.45) is 40.4 Å². The van der Waals surface area contributed by atoms with E-state index in [1.165, 1.54) is 44.1 Å². The van der Waals surface area contributed by atoms with Crippen LogP contribution in [0.3, 0.4) is 0 Å². The molecule has 4 fully saturated rings. The number of hydrogen-bond acceptors (Lipinski definition) is 5. The maximum atomic E-state index is 12.4. The Morgan fingerprint density at radius 1 is 1.03 bits per heavy atom. The Kier molecular flexibility index (Phi) is 7.61. The molecule has 2 N–H and O–H groups in total. The van der Waals surface area contributed by atoms with E-state index in [1.807, 2.05) is 0 Å². The first-order valence-electron chi connectivity index (χ1n) is 14.7. The molecule has 0 saturated heterocycles. The molecule has 0 radical (unpaired) electrons. The number of carboxylic acids is 1. The number of carboxylic acid groups (broad SMARTS) is 1. The lowest BCUT2D eigenvalue weighted by atomic mass is 9.44. The minimum atomic E-state index is -0.769. The van der Waals surface area contributed by atoms with Crippen LogP contribution < -0.4 is 5.32 Å². The molecule has 1 heterocycles. The van der Waals surface area contributed by atoms with Crippen LogP contribution in [0, 0.1) is 40.4 Å². The van der Waals surface area contributed by atoms with Crippen molar-refractivity contribution in [3.63, 3.8) is 0 Å². The zero-order chi connectivity index (χ0) is 26.2. The Bertz CT molecular complexity index is 931. The fraction of sp³-hybridized carbons (Fsp3) is 0.833. The molecule has 7 heteroatoms. The molecule has 0 unspecified atom stereocenters. The molecule has 4 saturated carbocycles. The minimum absolute atomic E-state index is 0.00167. The predicted molar refractivity (Wildman–Crippen MR) is 139 cm³/mol. The topological polar surface area (TPSA) is 102 Å². The third-order valence-corrected chi connectivity index (χ3v) is 11.4. The number of cyclic esters (lactones) is 1. The average Bonchev–Trinajstić information content (AvgIpc) is 3.43. The number of ether oxygens (including phenoxy) is 2. The second kappa shape index (κ2) is 10.6. The van der Waals surface area contributed by atoms with E-state index in [1.54, 1.807) is 6.08 Å². The number of fused-ring (bicyclic) bond motifs is 5. The van der Waals surface area contributed by atoms with Crippen molar-refractivity contribution in [2.75, 3.05) is 13.2 Å². The first kappa shape index (κ1) is 26.6. The molecule has 7 nitrogen and oxygen atoms in total. The Morgan fingerprint density at radius 2 is 1.81 bits per heavy atom. The van der Waals surface area contributed by atoms with Gasteiger partial charge in [0.15, 0.2) is 0 Å². The van der Waals surface area contributed by atoms with Crippen molar-refractivity contribution >= 4 is 18.0 Å². The maximum absolute atomic E-state index is 12.4. The summed E-state index contributed by atoms with van der Waals surface area (Å²) in [5.74, 6) is 2.43. The van der Waals surface area contributed by atoms with Gasteiger partial charge in [0.25, 0.3) is 0 Å². The highest BCUT2D eigenvalue weighted by atomic mass is 16.6. The van der Waals surface area contributed by atoms with Crippen LogP contribution in [0.2, 0.25) is 0 Å². The summed E-state index contributed by atoms with van der Waals surface area (Å²) in [4.78, 5) is 34.7. The molecule has 206 valence electrons. The number of unbranched alkanes of at least 4 members (excludes halogenated alkanes) is 2. The van der Waals surface area contributed by atoms with Crippen LogP contribution >= 0.6 is 0 Å². The SMILES string of the molecule is C[C@]12CC[C@H](OC(=O)NCCCCCC(=O)O)C[C@H]1CC[C@@H]1[C@@H]2CC[C@]2(C)[C@@H](C3=CC(=O)OC3)CC[C@@H]12. The van der Waals surface area contributed by atoms with Crippen LogP contribution in [0.1, 0.15) is 97.3 Å². The molecule has 0 spiro atoms. The molecule has 1 amide bonds. The number of aliphatic carboxylic acids is 1. The van der Waals surface area contributed by atoms with E-state index in [0.717, 1.165) is 49.9 Å². The van der Waals surface area contributed by atoms with Gasteiger partial charge in [-0.25, -0.2) is 9.59 Å². The highest BCUT2D eigenvalue weighted by Crippen LogP contribution is 2.68. The Balaban J connectivity index is 1.13. The van der Waals surface area contributed by atoms with Crippen molar-refractivity contribution in [2.45, 2.75) is 103 Å². The van der Waals surface area contributed by atoms with E-state index < -0.39 is 5.97 Å². The highest BCUT2D eigenvalue weighted by molar-refractivity contribution is 5.85. The lowest BCUT2D eigenvalue weighted by molar-refractivity contribution is -0.137. The predicted octanol–water partition coefficient (Wildman–Crippen LogP) is 5.87. The number of esters is 1. The molecule has 5 aliphatic rings. The van der Waals surface area contributed by atoms with Gasteiger partial charge in [-0.1, -0.05) is 20.3 Å². The second-order valence-corrected chi connectivity index (χ2v) is 13.1. The molecule has 37 heavy (non-hydrogen) atoms. The van der Waals surface area contributed by atoms with E-state index in [0.29, 0.717) is 36.8 Å². The molecule has 0 bridgehead atoms.